The Morgan fingerprint density at radius 2 is 0.569 bits per heavy atom. The second-order valence-electron chi connectivity index (χ2n) is 18.8. The van der Waals surface area contributed by atoms with Gasteiger partial charge in [0.1, 0.15) is 13.2 Å². The van der Waals surface area contributed by atoms with Crippen molar-refractivity contribution in [3.63, 3.8) is 0 Å². The summed E-state index contributed by atoms with van der Waals surface area (Å²) in [6.07, 6.45) is 45.2. The molecule has 0 amide bonds. The normalized spacial score (nSPS) is 12.1. The molecule has 0 fully saturated rings. The van der Waals surface area contributed by atoms with Gasteiger partial charge in [-0.2, -0.15) is 0 Å². The zero-order valence-electron chi connectivity index (χ0n) is 39.7. The number of unbranched alkanes of at least 4 members (excludes halogenated alkanes) is 31. The first-order valence-electron chi connectivity index (χ1n) is 25.7. The molecule has 0 heterocycles. The number of hydrogen-bond donors (Lipinski definition) is 0. The first-order valence-corrected chi connectivity index (χ1v) is 25.7. The SMILES string of the molecule is CCCCCCCCCCCCCCC(=O)OC[C@H](COC(=O)CCCCCCCCCCCCCCCCC(C)C)OC(=O)CCCCCCCCCCC(C)C. The topological polar surface area (TPSA) is 78.9 Å². The predicted octanol–water partition coefficient (Wildman–Crippen LogP) is 16.5. The molecule has 0 aromatic rings. The van der Waals surface area contributed by atoms with Crippen LogP contribution in [0, 0.1) is 11.8 Å². The van der Waals surface area contributed by atoms with Gasteiger partial charge in [0.2, 0.25) is 0 Å². The number of esters is 3. The average Bonchev–Trinajstić information content (AvgIpc) is 3.19. The van der Waals surface area contributed by atoms with Crippen molar-refractivity contribution < 1.29 is 28.6 Å². The highest BCUT2D eigenvalue weighted by Crippen LogP contribution is 2.17. The fourth-order valence-electron chi connectivity index (χ4n) is 7.81. The predicted molar refractivity (Wildman–Crippen MR) is 247 cm³/mol. The third-order valence-corrected chi connectivity index (χ3v) is 11.7. The molecule has 0 spiro atoms. The molecule has 0 aromatic carbocycles. The lowest BCUT2D eigenvalue weighted by Gasteiger charge is -2.18. The second kappa shape index (κ2) is 44.9. The molecule has 6 heteroatoms. The number of rotatable bonds is 46. The summed E-state index contributed by atoms with van der Waals surface area (Å²) in [5, 5.41) is 0. The van der Waals surface area contributed by atoms with Gasteiger partial charge in [-0.1, -0.05) is 247 Å². The molecular formula is C52H100O6. The average molecular weight is 821 g/mol. The molecule has 0 N–H and O–H groups in total. The Morgan fingerprint density at radius 1 is 0.328 bits per heavy atom. The minimum atomic E-state index is -0.761. The Kier molecular flexibility index (Phi) is 43.7. The lowest BCUT2D eigenvalue weighted by molar-refractivity contribution is -0.167. The molecule has 0 saturated carbocycles. The van der Waals surface area contributed by atoms with Crippen LogP contribution < -0.4 is 0 Å². The molecule has 0 radical (unpaired) electrons. The van der Waals surface area contributed by atoms with Crippen LogP contribution in [0.2, 0.25) is 0 Å². The summed E-state index contributed by atoms with van der Waals surface area (Å²) < 4.78 is 16.8. The molecule has 0 aromatic heterocycles. The molecule has 6 nitrogen and oxygen atoms in total. The van der Waals surface area contributed by atoms with Gasteiger partial charge in [0.25, 0.3) is 0 Å². The molecule has 0 aliphatic heterocycles. The smallest absolute Gasteiger partial charge is 0.306 e. The summed E-state index contributed by atoms with van der Waals surface area (Å²) in [6, 6.07) is 0. The molecule has 0 rings (SSSR count). The van der Waals surface area contributed by atoms with Gasteiger partial charge in [-0.3, -0.25) is 14.4 Å². The maximum absolute atomic E-state index is 12.7. The van der Waals surface area contributed by atoms with Crippen LogP contribution in [0.15, 0.2) is 0 Å². The Labute approximate surface area is 361 Å². The van der Waals surface area contributed by atoms with Crippen LogP contribution >= 0.6 is 0 Å². The van der Waals surface area contributed by atoms with Crippen molar-refractivity contribution in [3.05, 3.63) is 0 Å². The van der Waals surface area contributed by atoms with Crippen LogP contribution in [0.3, 0.4) is 0 Å². The van der Waals surface area contributed by atoms with E-state index in [0.29, 0.717) is 19.3 Å². The standard InChI is InChI=1S/C52H100O6/c1-6-7-8-9-10-11-12-18-21-27-32-37-42-50(53)56-45-49(58-52(55)44-39-34-29-24-23-26-31-36-41-48(4)5)46-57-51(54)43-38-33-28-22-19-16-14-13-15-17-20-25-30-35-40-47(2)3/h47-49H,6-46H2,1-5H3/t49-/m1/s1. The van der Waals surface area contributed by atoms with Crippen molar-refractivity contribution in [2.24, 2.45) is 11.8 Å². The van der Waals surface area contributed by atoms with E-state index in [0.717, 1.165) is 69.6 Å². The molecular weight excluding hydrogens is 721 g/mol. The van der Waals surface area contributed by atoms with Crippen LogP contribution in [-0.4, -0.2) is 37.2 Å². The van der Waals surface area contributed by atoms with E-state index in [2.05, 4.69) is 34.6 Å². The van der Waals surface area contributed by atoms with Crippen LogP contribution in [0.5, 0.6) is 0 Å². The second-order valence-corrected chi connectivity index (χ2v) is 18.8. The fourth-order valence-corrected chi connectivity index (χ4v) is 7.81. The third kappa shape index (κ3) is 45.5. The monoisotopic (exact) mass is 821 g/mol. The van der Waals surface area contributed by atoms with Gasteiger partial charge in [0.15, 0.2) is 6.10 Å². The lowest BCUT2D eigenvalue weighted by Crippen LogP contribution is -2.30. The lowest BCUT2D eigenvalue weighted by atomic mass is 10.0. The zero-order chi connectivity index (χ0) is 42.6. The number of carbonyl (C=O) groups excluding carboxylic acids is 3. The summed E-state index contributed by atoms with van der Waals surface area (Å²) >= 11 is 0. The minimum Gasteiger partial charge on any atom is -0.462 e. The van der Waals surface area contributed by atoms with Crippen molar-refractivity contribution in [3.8, 4) is 0 Å². The van der Waals surface area contributed by atoms with Gasteiger partial charge in [-0.05, 0) is 31.1 Å². The van der Waals surface area contributed by atoms with Gasteiger partial charge in [0.05, 0.1) is 0 Å². The highest BCUT2D eigenvalue weighted by molar-refractivity contribution is 5.71. The van der Waals surface area contributed by atoms with E-state index in [1.165, 1.54) is 173 Å². The van der Waals surface area contributed by atoms with Crippen molar-refractivity contribution >= 4 is 17.9 Å². The fraction of sp³-hybridized carbons (Fsp3) is 0.942. The Balaban J connectivity index is 4.27. The van der Waals surface area contributed by atoms with Crippen molar-refractivity contribution in [2.75, 3.05) is 13.2 Å². The van der Waals surface area contributed by atoms with Crippen molar-refractivity contribution in [2.45, 2.75) is 291 Å². The van der Waals surface area contributed by atoms with Gasteiger partial charge >= 0.3 is 17.9 Å². The summed E-state index contributed by atoms with van der Waals surface area (Å²) in [4.78, 5) is 37.9. The van der Waals surface area contributed by atoms with Gasteiger partial charge in [-0.15, -0.1) is 0 Å². The van der Waals surface area contributed by atoms with E-state index in [1.54, 1.807) is 0 Å². The molecule has 58 heavy (non-hydrogen) atoms. The van der Waals surface area contributed by atoms with Crippen LogP contribution in [-0.2, 0) is 28.6 Å². The summed E-state index contributed by atoms with van der Waals surface area (Å²) in [5.41, 5.74) is 0. The first kappa shape index (κ1) is 56.4. The van der Waals surface area contributed by atoms with Gasteiger partial charge < -0.3 is 14.2 Å². The molecule has 1 atom stereocenters. The summed E-state index contributed by atoms with van der Waals surface area (Å²) in [5.74, 6) is 0.788. The molecule has 0 aliphatic rings. The Hall–Kier alpha value is -1.59. The summed E-state index contributed by atoms with van der Waals surface area (Å²) in [7, 11) is 0. The zero-order valence-corrected chi connectivity index (χ0v) is 39.7. The van der Waals surface area contributed by atoms with E-state index in [-0.39, 0.29) is 31.1 Å². The Morgan fingerprint density at radius 3 is 0.845 bits per heavy atom. The first-order chi connectivity index (χ1) is 28.2. The van der Waals surface area contributed by atoms with Crippen LogP contribution in [0.1, 0.15) is 285 Å². The van der Waals surface area contributed by atoms with E-state index < -0.39 is 6.10 Å². The van der Waals surface area contributed by atoms with E-state index >= 15 is 0 Å². The number of hydrogen-bond acceptors (Lipinski definition) is 6. The van der Waals surface area contributed by atoms with E-state index in [1.807, 2.05) is 0 Å². The highest BCUT2D eigenvalue weighted by atomic mass is 16.6. The molecule has 0 aliphatic carbocycles. The highest BCUT2D eigenvalue weighted by Gasteiger charge is 2.19. The van der Waals surface area contributed by atoms with Crippen molar-refractivity contribution in [1.29, 1.82) is 0 Å². The van der Waals surface area contributed by atoms with Gasteiger partial charge in [0, 0.05) is 19.3 Å². The van der Waals surface area contributed by atoms with Crippen LogP contribution in [0.25, 0.3) is 0 Å². The third-order valence-electron chi connectivity index (χ3n) is 11.7. The van der Waals surface area contributed by atoms with Crippen molar-refractivity contribution in [1.82, 2.24) is 0 Å². The minimum absolute atomic E-state index is 0.0641. The number of ether oxygens (including phenoxy) is 3. The molecule has 0 unspecified atom stereocenters. The molecule has 344 valence electrons. The molecule has 0 saturated heterocycles. The van der Waals surface area contributed by atoms with Crippen LogP contribution in [0.4, 0.5) is 0 Å². The molecule has 0 bridgehead atoms. The largest absolute Gasteiger partial charge is 0.462 e. The summed E-state index contributed by atoms with van der Waals surface area (Å²) in [6.45, 7) is 11.3. The quantitative estimate of drug-likeness (QED) is 0.0346. The maximum atomic E-state index is 12.7. The van der Waals surface area contributed by atoms with E-state index in [9.17, 15) is 14.4 Å². The Bertz CT molecular complexity index is 885. The van der Waals surface area contributed by atoms with E-state index in [4.69, 9.17) is 14.2 Å². The van der Waals surface area contributed by atoms with Gasteiger partial charge in [-0.25, -0.2) is 0 Å². The number of carbonyl (C=O) groups is 3. The maximum Gasteiger partial charge on any atom is 0.306 e.